The zero-order valence-corrected chi connectivity index (χ0v) is 8.80. The van der Waals surface area contributed by atoms with Gasteiger partial charge in [0.1, 0.15) is 0 Å². The summed E-state index contributed by atoms with van der Waals surface area (Å²) in [6.45, 7) is 4.22. The number of hydrogen-bond acceptors (Lipinski definition) is 1. The fraction of sp³-hybridized carbons (Fsp3) is 0.385. The summed E-state index contributed by atoms with van der Waals surface area (Å²) in [5.41, 5.74) is 2.48. The fourth-order valence-electron chi connectivity index (χ4n) is 1.24. The summed E-state index contributed by atoms with van der Waals surface area (Å²) in [7, 11) is 0. The predicted molar refractivity (Wildman–Crippen MR) is 58.1 cm³/mol. The third-order valence-corrected chi connectivity index (χ3v) is 2.00. The Morgan fingerprint density at radius 2 is 2.14 bits per heavy atom. The summed E-state index contributed by atoms with van der Waals surface area (Å²) < 4.78 is 0. The third-order valence-electron chi connectivity index (χ3n) is 2.00. The summed E-state index contributed by atoms with van der Waals surface area (Å²) in [4.78, 5) is 0. The van der Waals surface area contributed by atoms with Gasteiger partial charge in [0, 0.05) is 5.56 Å². The van der Waals surface area contributed by atoms with Crippen molar-refractivity contribution in [1.82, 2.24) is 0 Å². The summed E-state index contributed by atoms with van der Waals surface area (Å²) in [5, 5.41) is 9.00. The molecule has 1 nitrogen and oxygen atoms in total. The lowest BCUT2D eigenvalue weighted by molar-refractivity contribution is 0.475. The average Bonchev–Trinajstić information content (AvgIpc) is 2.15. The summed E-state index contributed by atoms with van der Waals surface area (Å²) in [5.74, 6) is 0.165. The van der Waals surface area contributed by atoms with Crippen molar-refractivity contribution in [2.24, 2.45) is 0 Å². The Hall–Kier alpha value is -1.42. The van der Waals surface area contributed by atoms with E-state index in [-0.39, 0.29) is 5.75 Å². The highest BCUT2D eigenvalue weighted by Crippen LogP contribution is 2.07. The molecule has 0 aliphatic rings. The molecule has 0 aromatic heterocycles. The predicted octanol–water partition coefficient (Wildman–Crippen LogP) is 3.28. The number of unbranched alkanes of at least 4 members (excludes halogenated alkanes) is 1. The van der Waals surface area contributed by atoms with Crippen LogP contribution >= 0.6 is 0 Å². The van der Waals surface area contributed by atoms with Crippen molar-refractivity contribution < 1.29 is 5.11 Å². The largest absolute Gasteiger partial charge is 0.501 e. The van der Waals surface area contributed by atoms with Crippen LogP contribution in [0.5, 0.6) is 5.75 Å². The van der Waals surface area contributed by atoms with E-state index >= 15 is 0 Å². The Kier molecular flexibility index (Phi) is 4.07. The number of allylic oxidation sites excluding steroid dienone is 2. The van der Waals surface area contributed by atoms with Crippen molar-refractivity contribution in [3.8, 4) is 5.75 Å². The second-order valence-corrected chi connectivity index (χ2v) is 3.67. The lowest BCUT2D eigenvalue weighted by Gasteiger charge is -1.96. The Morgan fingerprint density at radius 1 is 1.36 bits per heavy atom. The highest BCUT2D eigenvalue weighted by molar-refractivity contribution is 5.18. The van der Waals surface area contributed by atoms with Gasteiger partial charge in [0.05, 0.1) is 0 Å². The molecule has 0 unspecified atom stereocenters. The Morgan fingerprint density at radius 3 is 2.71 bits per heavy atom. The van der Waals surface area contributed by atoms with Crippen LogP contribution in [-0.2, 0) is 6.42 Å². The lowest BCUT2D eigenvalue weighted by Crippen LogP contribution is -1.82. The van der Waals surface area contributed by atoms with Gasteiger partial charge in [-0.15, -0.1) is 0 Å². The standard InChI is InChI=1S/C13H16O/c1-11(2)5-3-4-6-12-7-9-13(14)10-8-12/h5,7,9,14H,3-4,6H2,1-2H3. The minimum absolute atomic E-state index is 0.165. The fourth-order valence-corrected chi connectivity index (χ4v) is 1.24. The first-order chi connectivity index (χ1) is 6.68. The molecule has 1 N–H and O–H groups in total. The van der Waals surface area contributed by atoms with Crippen LogP contribution in [0.1, 0.15) is 32.3 Å². The maximum Gasteiger partial charge on any atom is 0.167 e. The van der Waals surface area contributed by atoms with Crippen LogP contribution in [0.3, 0.4) is 0 Å². The van der Waals surface area contributed by atoms with Crippen LogP contribution in [0.25, 0.3) is 0 Å². The van der Waals surface area contributed by atoms with E-state index in [0.717, 1.165) is 24.8 Å². The van der Waals surface area contributed by atoms with Gasteiger partial charge in [-0.3, -0.25) is 0 Å². The van der Waals surface area contributed by atoms with Crippen molar-refractivity contribution in [3.05, 3.63) is 41.5 Å². The van der Waals surface area contributed by atoms with Gasteiger partial charge in [-0.2, -0.15) is 0 Å². The van der Waals surface area contributed by atoms with Crippen LogP contribution in [0.4, 0.5) is 0 Å². The second-order valence-electron chi connectivity index (χ2n) is 3.67. The maximum atomic E-state index is 9.00. The van der Waals surface area contributed by atoms with E-state index in [1.165, 1.54) is 5.57 Å². The molecule has 0 heterocycles. The number of hydrogen-bond donors (Lipinski definition) is 1. The minimum Gasteiger partial charge on any atom is -0.501 e. The van der Waals surface area contributed by atoms with E-state index in [4.69, 9.17) is 5.11 Å². The lowest BCUT2D eigenvalue weighted by atomic mass is 10.1. The van der Waals surface area contributed by atoms with Gasteiger partial charge in [-0.25, -0.2) is 0 Å². The van der Waals surface area contributed by atoms with Crippen molar-refractivity contribution in [2.45, 2.75) is 33.1 Å². The molecule has 0 atom stereocenters. The van der Waals surface area contributed by atoms with Crippen molar-refractivity contribution >= 4 is 0 Å². The Bertz CT molecular complexity index is 292. The Balaban J connectivity index is 2.32. The van der Waals surface area contributed by atoms with Crippen molar-refractivity contribution in [2.75, 3.05) is 0 Å². The van der Waals surface area contributed by atoms with Gasteiger partial charge < -0.3 is 5.11 Å². The first kappa shape index (κ1) is 10.7. The van der Waals surface area contributed by atoms with Gasteiger partial charge in [0.15, 0.2) is 5.75 Å². The van der Waals surface area contributed by atoms with E-state index in [9.17, 15) is 0 Å². The van der Waals surface area contributed by atoms with E-state index in [2.05, 4.69) is 32.1 Å². The van der Waals surface area contributed by atoms with Crippen LogP contribution < -0.4 is 0 Å². The molecule has 0 aliphatic heterocycles. The third kappa shape index (κ3) is 4.00. The van der Waals surface area contributed by atoms with Crippen LogP contribution in [0.15, 0.2) is 23.8 Å². The summed E-state index contributed by atoms with van der Waals surface area (Å²) in [6.07, 6.45) is 5.47. The molecule has 0 saturated carbocycles. The molecule has 14 heavy (non-hydrogen) atoms. The van der Waals surface area contributed by atoms with Crippen LogP contribution in [0.2, 0.25) is 0 Å². The molecule has 0 radical (unpaired) electrons. The van der Waals surface area contributed by atoms with E-state index in [1.54, 1.807) is 6.07 Å². The summed E-state index contributed by atoms with van der Waals surface area (Å²) >= 11 is 0. The molecule has 74 valence electrons. The molecular formula is C13H16O. The van der Waals surface area contributed by atoms with Crippen molar-refractivity contribution in [3.63, 3.8) is 0 Å². The molecular weight excluding hydrogens is 172 g/mol. The number of aryl methyl sites for hydroxylation is 1. The SMILES string of the molecule is CC(C)=CCCCc1c#cc(O)cc1. The molecule has 0 aliphatic carbocycles. The highest BCUT2D eigenvalue weighted by Gasteiger charge is 1.91. The molecule has 0 bridgehead atoms. The topological polar surface area (TPSA) is 20.2 Å². The molecule has 0 spiro atoms. The van der Waals surface area contributed by atoms with Gasteiger partial charge in [-0.1, -0.05) is 17.7 Å². The molecule has 1 heteroatoms. The average molecular weight is 188 g/mol. The zero-order valence-electron chi connectivity index (χ0n) is 8.80. The van der Waals surface area contributed by atoms with Gasteiger partial charge in [0.2, 0.25) is 0 Å². The second kappa shape index (κ2) is 5.34. The molecule has 0 fully saturated rings. The Labute approximate surface area is 86.1 Å². The van der Waals surface area contributed by atoms with Crippen LogP contribution in [0, 0.1) is 12.1 Å². The van der Waals surface area contributed by atoms with E-state index in [0.29, 0.717) is 0 Å². The quantitative estimate of drug-likeness (QED) is 0.568. The first-order valence-electron chi connectivity index (χ1n) is 4.93. The smallest absolute Gasteiger partial charge is 0.167 e. The van der Waals surface area contributed by atoms with Gasteiger partial charge in [0.25, 0.3) is 0 Å². The maximum absolute atomic E-state index is 9.00. The van der Waals surface area contributed by atoms with E-state index in [1.807, 2.05) is 6.07 Å². The zero-order chi connectivity index (χ0) is 10.4. The number of rotatable bonds is 4. The van der Waals surface area contributed by atoms with Gasteiger partial charge in [-0.05, 0) is 51.3 Å². The normalized spacial score (nSPS) is 9.29. The van der Waals surface area contributed by atoms with Gasteiger partial charge >= 0.3 is 0 Å². The number of aromatic hydroxyl groups is 1. The molecule has 1 aromatic carbocycles. The molecule has 1 aromatic rings. The first-order valence-corrected chi connectivity index (χ1v) is 4.93. The monoisotopic (exact) mass is 188 g/mol. The highest BCUT2D eigenvalue weighted by atomic mass is 16.3. The summed E-state index contributed by atoms with van der Waals surface area (Å²) in [6, 6.07) is 9.15. The molecule has 0 amide bonds. The van der Waals surface area contributed by atoms with Crippen LogP contribution in [-0.4, -0.2) is 5.11 Å². The molecule has 1 rings (SSSR count). The minimum atomic E-state index is 0.165. The van der Waals surface area contributed by atoms with E-state index < -0.39 is 0 Å². The molecule has 0 saturated heterocycles. The van der Waals surface area contributed by atoms with Crippen molar-refractivity contribution in [1.29, 1.82) is 0 Å².